The van der Waals surface area contributed by atoms with Crippen LogP contribution in [0.15, 0.2) is 31.9 Å². The number of aromatic nitrogens is 3. The van der Waals surface area contributed by atoms with Gasteiger partial charge in [0, 0.05) is 36.5 Å². The first kappa shape index (κ1) is 16.0. The number of thiophene rings is 1. The molecule has 0 aromatic carbocycles. The van der Waals surface area contributed by atoms with Crippen LogP contribution in [0, 0.1) is 12.8 Å². The van der Waals surface area contributed by atoms with Gasteiger partial charge in [0.25, 0.3) is 5.91 Å². The van der Waals surface area contributed by atoms with E-state index < -0.39 is 0 Å². The molecule has 0 N–H and O–H groups in total. The molecule has 4 heterocycles. The average molecular weight is 358 g/mol. The van der Waals surface area contributed by atoms with Crippen LogP contribution in [0.1, 0.15) is 35.0 Å². The van der Waals surface area contributed by atoms with Gasteiger partial charge < -0.3 is 13.9 Å². The van der Waals surface area contributed by atoms with Crippen LogP contribution in [-0.4, -0.2) is 39.2 Å². The second-order valence-electron chi connectivity index (χ2n) is 6.31. The van der Waals surface area contributed by atoms with E-state index in [1.54, 1.807) is 24.3 Å². The molecular formula is C17H18N4O3S. The molecular weight excluding hydrogens is 340 g/mol. The summed E-state index contributed by atoms with van der Waals surface area (Å²) in [6.07, 6.45) is 2.68. The highest BCUT2D eigenvalue weighted by Gasteiger charge is 2.27. The third kappa shape index (κ3) is 3.48. The van der Waals surface area contributed by atoms with Crippen LogP contribution >= 0.6 is 11.3 Å². The predicted octanol–water partition coefficient (Wildman–Crippen LogP) is 3.19. The Hall–Kier alpha value is -2.48. The van der Waals surface area contributed by atoms with E-state index in [2.05, 4.69) is 15.3 Å². The molecule has 0 spiro atoms. The van der Waals surface area contributed by atoms with Crippen molar-refractivity contribution in [2.75, 3.05) is 13.1 Å². The first-order valence-corrected chi connectivity index (χ1v) is 9.21. The maximum absolute atomic E-state index is 12.5. The van der Waals surface area contributed by atoms with Crippen molar-refractivity contribution >= 4 is 17.2 Å². The van der Waals surface area contributed by atoms with Crippen molar-refractivity contribution in [2.45, 2.75) is 26.2 Å². The molecule has 0 unspecified atom stereocenters. The number of hydrogen-bond donors (Lipinski definition) is 0. The Bertz CT molecular complexity index is 855. The molecule has 4 rings (SSSR count). The quantitative estimate of drug-likeness (QED) is 0.712. The van der Waals surface area contributed by atoms with Crippen molar-refractivity contribution in [1.29, 1.82) is 0 Å². The second-order valence-corrected chi connectivity index (χ2v) is 7.09. The molecule has 8 heteroatoms. The normalized spacial score (nSPS) is 17.8. The minimum atomic E-state index is -0.0777. The zero-order valence-electron chi connectivity index (χ0n) is 13.8. The molecule has 1 atom stereocenters. The highest BCUT2D eigenvalue weighted by atomic mass is 32.1. The van der Waals surface area contributed by atoms with E-state index in [-0.39, 0.29) is 5.91 Å². The molecule has 25 heavy (non-hydrogen) atoms. The number of aryl methyl sites for hydroxylation is 1. The van der Waals surface area contributed by atoms with Crippen LogP contribution in [0.25, 0.3) is 11.4 Å². The van der Waals surface area contributed by atoms with Crippen LogP contribution < -0.4 is 0 Å². The molecule has 0 bridgehead atoms. The first-order chi connectivity index (χ1) is 12.2. The summed E-state index contributed by atoms with van der Waals surface area (Å²) in [5, 5.41) is 11.9. The average Bonchev–Trinajstić information content (AvgIpc) is 3.35. The first-order valence-electron chi connectivity index (χ1n) is 8.27. The summed E-state index contributed by atoms with van der Waals surface area (Å²) in [5.74, 6) is 2.12. The molecule has 3 aromatic rings. The summed E-state index contributed by atoms with van der Waals surface area (Å²) in [4.78, 5) is 18.8. The summed E-state index contributed by atoms with van der Waals surface area (Å²) < 4.78 is 10.4. The number of carbonyl (C=O) groups is 1. The van der Waals surface area contributed by atoms with Crippen LogP contribution in [0.5, 0.6) is 0 Å². The number of carbonyl (C=O) groups excluding carboxylic acids is 1. The molecule has 0 saturated carbocycles. The van der Waals surface area contributed by atoms with Gasteiger partial charge in [-0.1, -0.05) is 10.3 Å². The molecule has 1 amide bonds. The number of likely N-dealkylation sites (tertiary alicyclic amines) is 1. The Balaban J connectivity index is 1.41. The molecule has 0 radical (unpaired) electrons. The van der Waals surface area contributed by atoms with E-state index in [1.807, 2.05) is 21.7 Å². The Kier molecular flexibility index (Phi) is 4.35. The van der Waals surface area contributed by atoms with Gasteiger partial charge in [-0.3, -0.25) is 4.79 Å². The zero-order valence-corrected chi connectivity index (χ0v) is 14.7. The number of piperidine rings is 1. The van der Waals surface area contributed by atoms with Crippen LogP contribution in [0.2, 0.25) is 0 Å². The third-order valence-corrected chi connectivity index (χ3v) is 5.05. The Labute approximate surface area is 148 Å². The molecule has 3 aromatic heterocycles. The van der Waals surface area contributed by atoms with Gasteiger partial charge in [0.05, 0.1) is 0 Å². The van der Waals surface area contributed by atoms with Gasteiger partial charge in [-0.15, -0.1) is 0 Å². The Morgan fingerprint density at radius 3 is 3.08 bits per heavy atom. The van der Waals surface area contributed by atoms with Gasteiger partial charge >= 0.3 is 0 Å². The van der Waals surface area contributed by atoms with Crippen molar-refractivity contribution in [3.63, 3.8) is 0 Å². The van der Waals surface area contributed by atoms with E-state index in [0.717, 1.165) is 24.9 Å². The number of amides is 1. The topological polar surface area (TPSA) is 85.3 Å². The molecule has 0 aliphatic carbocycles. The van der Waals surface area contributed by atoms with Gasteiger partial charge in [0.15, 0.2) is 5.69 Å². The summed E-state index contributed by atoms with van der Waals surface area (Å²) in [6.45, 7) is 3.19. The van der Waals surface area contributed by atoms with Crippen LogP contribution in [-0.2, 0) is 6.42 Å². The monoisotopic (exact) mass is 358 g/mol. The largest absolute Gasteiger partial charge is 0.361 e. The SMILES string of the molecule is Cc1cc(C(=O)N2CCC[C@@H](Cc3nc(-c4ccsc4)no3)C2)no1. The second kappa shape index (κ2) is 6.79. The highest BCUT2D eigenvalue weighted by Crippen LogP contribution is 2.24. The fourth-order valence-corrected chi connectivity index (χ4v) is 3.77. The Morgan fingerprint density at radius 2 is 2.32 bits per heavy atom. The minimum Gasteiger partial charge on any atom is -0.361 e. The summed E-state index contributed by atoms with van der Waals surface area (Å²) in [5.41, 5.74) is 1.34. The molecule has 1 aliphatic rings. The molecule has 7 nitrogen and oxygen atoms in total. The number of nitrogens with zero attached hydrogens (tertiary/aromatic N) is 4. The molecule has 130 valence electrons. The van der Waals surface area contributed by atoms with Crippen LogP contribution in [0.3, 0.4) is 0 Å². The van der Waals surface area contributed by atoms with E-state index >= 15 is 0 Å². The van der Waals surface area contributed by atoms with Crippen LogP contribution in [0.4, 0.5) is 0 Å². The number of rotatable bonds is 4. The summed E-state index contributed by atoms with van der Waals surface area (Å²) in [6, 6.07) is 3.65. The highest BCUT2D eigenvalue weighted by molar-refractivity contribution is 7.08. The van der Waals surface area contributed by atoms with E-state index in [4.69, 9.17) is 9.05 Å². The Morgan fingerprint density at radius 1 is 1.40 bits per heavy atom. The summed E-state index contributed by atoms with van der Waals surface area (Å²) in [7, 11) is 0. The maximum atomic E-state index is 12.5. The van der Waals surface area contributed by atoms with Gasteiger partial charge in [-0.05, 0) is 37.1 Å². The van der Waals surface area contributed by atoms with E-state index in [0.29, 0.717) is 42.1 Å². The predicted molar refractivity (Wildman–Crippen MR) is 91.2 cm³/mol. The van der Waals surface area contributed by atoms with E-state index in [9.17, 15) is 4.79 Å². The lowest BCUT2D eigenvalue weighted by Gasteiger charge is -2.31. The van der Waals surface area contributed by atoms with Gasteiger partial charge in [-0.25, -0.2) is 0 Å². The summed E-state index contributed by atoms with van der Waals surface area (Å²) >= 11 is 1.60. The van der Waals surface area contributed by atoms with Crippen molar-refractivity contribution < 1.29 is 13.8 Å². The third-order valence-electron chi connectivity index (χ3n) is 4.36. The van der Waals surface area contributed by atoms with E-state index in [1.165, 1.54) is 0 Å². The minimum absolute atomic E-state index is 0.0777. The lowest BCUT2D eigenvalue weighted by Crippen LogP contribution is -2.40. The van der Waals surface area contributed by atoms with Gasteiger partial charge in [0.1, 0.15) is 5.76 Å². The molecule has 1 fully saturated rings. The maximum Gasteiger partial charge on any atom is 0.276 e. The fraction of sp³-hybridized carbons (Fsp3) is 0.412. The smallest absolute Gasteiger partial charge is 0.276 e. The fourth-order valence-electron chi connectivity index (χ4n) is 3.14. The molecule has 1 aliphatic heterocycles. The van der Waals surface area contributed by atoms with Crippen molar-refractivity contribution in [2.24, 2.45) is 5.92 Å². The van der Waals surface area contributed by atoms with Crippen molar-refractivity contribution in [3.05, 3.63) is 40.2 Å². The van der Waals surface area contributed by atoms with Gasteiger partial charge in [-0.2, -0.15) is 16.3 Å². The lowest BCUT2D eigenvalue weighted by molar-refractivity contribution is 0.0657. The van der Waals surface area contributed by atoms with Crippen molar-refractivity contribution in [1.82, 2.24) is 20.2 Å². The number of hydrogen-bond acceptors (Lipinski definition) is 7. The van der Waals surface area contributed by atoms with Gasteiger partial charge in [0.2, 0.25) is 11.7 Å². The lowest BCUT2D eigenvalue weighted by atomic mass is 9.94. The molecule has 1 saturated heterocycles. The zero-order chi connectivity index (χ0) is 17.2. The standard InChI is InChI=1S/C17H18N4O3S/c1-11-7-14(19-23-11)17(22)21-5-2-3-12(9-21)8-15-18-16(20-24-15)13-4-6-25-10-13/h4,6-7,10,12H,2-3,5,8-9H2,1H3/t12-/m0/s1. The van der Waals surface area contributed by atoms with Crippen molar-refractivity contribution in [3.8, 4) is 11.4 Å².